The predicted molar refractivity (Wildman–Crippen MR) is 79.5 cm³/mol. The van der Waals surface area contributed by atoms with Crippen LogP contribution in [0.4, 0.5) is 0 Å². The third kappa shape index (κ3) is 2.26. The Morgan fingerprint density at radius 2 is 1.65 bits per heavy atom. The van der Waals surface area contributed by atoms with Crippen molar-refractivity contribution in [2.75, 3.05) is 0 Å². The van der Waals surface area contributed by atoms with Crippen LogP contribution in [0.5, 0.6) is 0 Å². The van der Waals surface area contributed by atoms with E-state index in [-0.39, 0.29) is 36.4 Å². The molecule has 4 rings (SSSR count). The molecule has 2 fully saturated rings. The van der Waals surface area contributed by atoms with E-state index in [4.69, 9.17) is 4.74 Å². The number of imide groups is 1. The molecule has 6 heteroatoms. The number of rotatable bonds is 4. The average molecular weight is 312 g/mol. The van der Waals surface area contributed by atoms with Gasteiger partial charge in [0, 0.05) is 6.42 Å². The van der Waals surface area contributed by atoms with Crippen molar-refractivity contribution < 1.29 is 19.1 Å². The lowest BCUT2D eigenvalue weighted by atomic mass is 9.85. The van der Waals surface area contributed by atoms with Crippen molar-refractivity contribution in [3.63, 3.8) is 0 Å². The second-order valence-electron chi connectivity index (χ2n) is 6.03. The van der Waals surface area contributed by atoms with Crippen LogP contribution in [-0.2, 0) is 25.5 Å². The number of benzene rings is 1. The summed E-state index contributed by atoms with van der Waals surface area (Å²) in [5, 5.41) is 0.887. The molecule has 0 aromatic heterocycles. The van der Waals surface area contributed by atoms with Crippen molar-refractivity contribution >= 4 is 17.7 Å². The topological polar surface area (TPSA) is 75.7 Å². The summed E-state index contributed by atoms with van der Waals surface area (Å²) in [4.78, 5) is 36.8. The van der Waals surface area contributed by atoms with E-state index in [1.54, 1.807) is 0 Å². The van der Waals surface area contributed by atoms with Gasteiger partial charge in [-0.05, 0) is 12.0 Å². The van der Waals surface area contributed by atoms with Crippen molar-refractivity contribution in [1.82, 2.24) is 10.4 Å². The minimum Gasteiger partial charge on any atom is -0.365 e. The van der Waals surface area contributed by atoms with Gasteiger partial charge in [-0.15, -0.1) is 0 Å². The van der Waals surface area contributed by atoms with Crippen LogP contribution < -0.4 is 5.43 Å². The molecular formula is C17H16N2O4. The summed E-state index contributed by atoms with van der Waals surface area (Å²) >= 11 is 0. The quantitative estimate of drug-likeness (QED) is 0.652. The number of hydrogen-bond donors (Lipinski definition) is 1. The van der Waals surface area contributed by atoms with E-state index in [0.717, 1.165) is 10.6 Å². The van der Waals surface area contributed by atoms with Gasteiger partial charge in [0.25, 0.3) is 11.8 Å². The van der Waals surface area contributed by atoms with E-state index in [2.05, 4.69) is 5.43 Å². The molecule has 2 saturated heterocycles. The van der Waals surface area contributed by atoms with Gasteiger partial charge in [-0.2, -0.15) is 5.01 Å². The van der Waals surface area contributed by atoms with E-state index in [1.165, 1.54) is 0 Å². The zero-order valence-corrected chi connectivity index (χ0v) is 12.3. The summed E-state index contributed by atoms with van der Waals surface area (Å²) in [6.07, 6.45) is 3.74. The second-order valence-corrected chi connectivity index (χ2v) is 6.03. The van der Waals surface area contributed by atoms with Crippen LogP contribution in [0.25, 0.3) is 0 Å². The lowest BCUT2D eigenvalue weighted by molar-refractivity contribution is -0.151. The molecule has 118 valence electrons. The van der Waals surface area contributed by atoms with Crippen LogP contribution in [-0.4, -0.2) is 34.9 Å². The van der Waals surface area contributed by atoms with Crippen LogP contribution in [0, 0.1) is 11.8 Å². The van der Waals surface area contributed by atoms with Gasteiger partial charge in [-0.25, -0.2) is 0 Å². The van der Waals surface area contributed by atoms with E-state index in [0.29, 0.717) is 6.42 Å². The fourth-order valence-corrected chi connectivity index (χ4v) is 3.50. The highest BCUT2D eigenvalue weighted by molar-refractivity contribution is 6.07. The first-order valence-corrected chi connectivity index (χ1v) is 7.70. The third-order valence-electron chi connectivity index (χ3n) is 4.63. The second kappa shape index (κ2) is 5.31. The fourth-order valence-electron chi connectivity index (χ4n) is 3.50. The van der Waals surface area contributed by atoms with Crippen LogP contribution in [0.1, 0.15) is 12.0 Å². The number of aryl methyl sites for hydroxylation is 1. The molecule has 0 spiro atoms. The molecule has 0 saturated carbocycles. The molecule has 0 aliphatic carbocycles. The van der Waals surface area contributed by atoms with E-state index in [9.17, 15) is 14.4 Å². The molecule has 6 nitrogen and oxygen atoms in total. The van der Waals surface area contributed by atoms with E-state index < -0.39 is 11.8 Å². The number of ether oxygens (including phenoxy) is 1. The predicted octanol–water partition coefficient (Wildman–Crippen LogP) is 0.589. The Hall–Kier alpha value is -2.47. The van der Waals surface area contributed by atoms with E-state index in [1.807, 2.05) is 42.5 Å². The van der Waals surface area contributed by atoms with Gasteiger partial charge in [-0.3, -0.25) is 19.8 Å². The minimum absolute atomic E-state index is 0.220. The Bertz CT molecular complexity index is 670. The number of carbonyl (C=O) groups is 3. The summed E-state index contributed by atoms with van der Waals surface area (Å²) in [7, 11) is 0. The van der Waals surface area contributed by atoms with Gasteiger partial charge in [0.2, 0.25) is 5.91 Å². The lowest BCUT2D eigenvalue weighted by Gasteiger charge is -2.18. The summed E-state index contributed by atoms with van der Waals surface area (Å²) < 4.78 is 5.55. The first-order valence-electron chi connectivity index (χ1n) is 7.70. The molecule has 23 heavy (non-hydrogen) atoms. The molecule has 2 bridgehead atoms. The van der Waals surface area contributed by atoms with Crippen molar-refractivity contribution in [3.8, 4) is 0 Å². The number of amides is 3. The standard InChI is InChI=1S/C17H16N2O4/c20-13(9-6-10-4-2-1-3-5-10)18-19-16(21)14-11-7-8-12(23-11)15(14)17(19)22/h1-5,7-8,11-12,14-15H,6,9H2,(H,18,20)/t11-,12+,14-,15-/m0/s1. The monoisotopic (exact) mass is 312 g/mol. The first-order chi connectivity index (χ1) is 11.1. The average Bonchev–Trinajstić information content (AvgIpc) is 3.24. The smallest absolute Gasteiger partial charge is 0.255 e. The molecule has 1 aromatic carbocycles. The molecule has 1 aromatic rings. The van der Waals surface area contributed by atoms with Crippen LogP contribution in [0.2, 0.25) is 0 Å². The number of carbonyl (C=O) groups excluding carboxylic acids is 3. The Morgan fingerprint density at radius 1 is 1.04 bits per heavy atom. The van der Waals surface area contributed by atoms with Crippen LogP contribution in [0.15, 0.2) is 42.5 Å². The summed E-state index contributed by atoms with van der Waals surface area (Å²) in [5.41, 5.74) is 3.49. The molecule has 1 N–H and O–H groups in total. The third-order valence-corrected chi connectivity index (χ3v) is 4.63. The van der Waals surface area contributed by atoms with Gasteiger partial charge in [0.1, 0.15) is 0 Å². The van der Waals surface area contributed by atoms with E-state index >= 15 is 0 Å². The van der Waals surface area contributed by atoms with Crippen LogP contribution in [0.3, 0.4) is 0 Å². The van der Waals surface area contributed by atoms with Crippen molar-refractivity contribution in [2.45, 2.75) is 25.0 Å². The maximum atomic E-state index is 12.4. The minimum atomic E-state index is -0.494. The highest BCUT2D eigenvalue weighted by Crippen LogP contribution is 2.44. The van der Waals surface area contributed by atoms with Crippen molar-refractivity contribution in [3.05, 3.63) is 48.0 Å². The summed E-state index contributed by atoms with van der Waals surface area (Å²) in [6.45, 7) is 0. The van der Waals surface area contributed by atoms with Gasteiger partial charge in [0.05, 0.1) is 24.0 Å². The Balaban J connectivity index is 1.39. The molecule has 3 heterocycles. The first kappa shape index (κ1) is 14.1. The van der Waals surface area contributed by atoms with Gasteiger partial charge in [0.15, 0.2) is 0 Å². The van der Waals surface area contributed by atoms with Gasteiger partial charge >= 0.3 is 0 Å². The highest BCUT2D eigenvalue weighted by Gasteiger charge is 2.61. The summed E-state index contributed by atoms with van der Waals surface area (Å²) in [5.74, 6) is -2.06. The number of nitrogens with zero attached hydrogens (tertiary/aromatic N) is 1. The molecule has 0 unspecified atom stereocenters. The Kier molecular flexibility index (Phi) is 3.27. The molecule has 3 aliphatic rings. The zero-order chi connectivity index (χ0) is 16.0. The molecule has 3 aliphatic heterocycles. The van der Waals surface area contributed by atoms with Gasteiger partial charge in [-0.1, -0.05) is 42.5 Å². The Labute approximate surface area is 133 Å². The molecule has 4 atom stereocenters. The van der Waals surface area contributed by atoms with Crippen LogP contribution >= 0.6 is 0 Å². The normalized spacial score (nSPS) is 30.9. The number of hydrazine groups is 1. The highest BCUT2D eigenvalue weighted by atomic mass is 16.5. The molecule has 3 amide bonds. The largest absolute Gasteiger partial charge is 0.365 e. The maximum absolute atomic E-state index is 12.4. The number of hydrogen-bond acceptors (Lipinski definition) is 4. The van der Waals surface area contributed by atoms with Gasteiger partial charge < -0.3 is 4.74 Å². The number of fused-ring (bicyclic) bond motifs is 5. The van der Waals surface area contributed by atoms with Crippen molar-refractivity contribution in [2.24, 2.45) is 11.8 Å². The fraction of sp³-hybridized carbons (Fsp3) is 0.353. The summed E-state index contributed by atoms with van der Waals surface area (Å²) in [6, 6.07) is 9.60. The SMILES string of the molecule is O=C(CCc1ccccc1)NN1C(=O)[C@@H]2[C@@H](C1=O)[C@H]1C=C[C@@H]2O1. The lowest BCUT2D eigenvalue weighted by Crippen LogP contribution is -2.48. The maximum Gasteiger partial charge on any atom is 0.255 e. The van der Waals surface area contributed by atoms with Crippen molar-refractivity contribution in [1.29, 1.82) is 0 Å². The zero-order valence-electron chi connectivity index (χ0n) is 12.3. The number of nitrogens with one attached hydrogen (secondary N) is 1. The molecular weight excluding hydrogens is 296 g/mol. The Morgan fingerprint density at radius 3 is 2.26 bits per heavy atom. The molecule has 0 radical (unpaired) electrons.